The van der Waals surface area contributed by atoms with Crippen molar-refractivity contribution in [3.8, 4) is 0 Å². The van der Waals surface area contributed by atoms with Crippen LogP contribution < -0.4 is 15.1 Å². The highest BCUT2D eigenvalue weighted by molar-refractivity contribution is 5.66. The van der Waals surface area contributed by atoms with Gasteiger partial charge in [0.2, 0.25) is 0 Å². The molecule has 3 aliphatic heterocycles. The molecule has 0 amide bonds. The summed E-state index contributed by atoms with van der Waals surface area (Å²) in [6.45, 7) is 11.0. The molecule has 0 saturated carbocycles. The molecule has 0 spiro atoms. The van der Waals surface area contributed by atoms with Gasteiger partial charge in [0.1, 0.15) is 5.82 Å². The van der Waals surface area contributed by atoms with E-state index in [2.05, 4.69) is 53.2 Å². The second-order valence-electron chi connectivity index (χ2n) is 9.46. The number of ether oxygens (including phenoxy) is 2. The molecule has 1 N–H and O–H groups in total. The summed E-state index contributed by atoms with van der Waals surface area (Å²) < 4.78 is 25.5. The van der Waals surface area contributed by atoms with E-state index >= 15 is 0 Å². The van der Waals surface area contributed by atoms with Gasteiger partial charge in [0.15, 0.2) is 0 Å². The molecule has 5 rings (SSSR count). The van der Waals surface area contributed by atoms with E-state index in [0.717, 1.165) is 62.8 Å². The minimum atomic E-state index is -0.174. The van der Waals surface area contributed by atoms with Gasteiger partial charge in [0.25, 0.3) is 0 Å². The molecule has 0 aliphatic carbocycles. The summed E-state index contributed by atoms with van der Waals surface area (Å²) in [4.78, 5) is 4.61. The van der Waals surface area contributed by atoms with Crippen molar-refractivity contribution in [3.63, 3.8) is 0 Å². The van der Waals surface area contributed by atoms with Crippen LogP contribution in [-0.2, 0) is 14.9 Å². The predicted molar refractivity (Wildman–Crippen MR) is 123 cm³/mol. The van der Waals surface area contributed by atoms with Crippen LogP contribution in [0.1, 0.15) is 37.4 Å². The van der Waals surface area contributed by atoms with Gasteiger partial charge in [-0.15, -0.1) is 0 Å². The molecule has 0 bridgehead atoms. The van der Waals surface area contributed by atoms with Crippen molar-refractivity contribution in [2.24, 2.45) is 0 Å². The van der Waals surface area contributed by atoms with Crippen LogP contribution in [0.5, 0.6) is 0 Å². The van der Waals surface area contributed by atoms with Crippen molar-refractivity contribution in [3.05, 3.63) is 53.3 Å². The maximum Gasteiger partial charge on any atom is 0.125 e. The monoisotopic (exact) mass is 425 g/mol. The van der Waals surface area contributed by atoms with Crippen molar-refractivity contribution < 1.29 is 13.9 Å². The zero-order valence-electron chi connectivity index (χ0n) is 18.5. The molecule has 0 radical (unpaired) electrons. The van der Waals surface area contributed by atoms with Crippen molar-refractivity contribution in [2.45, 2.75) is 31.7 Å². The van der Waals surface area contributed by atoms with E-state index in [1.54, 1.807) is 12.1 Å². The standard InChI is InChI=1S/C25H32FN3O2/c1-25(2)17-24(18-13-19(26)15-21(14-18)29-7-11-31-12-8-29)27-23-4-3-20(16-22(23)25)28-5-9-30-10-6-28/h3-4,13-16,24,27H,5-12,17H2,1-2H3. The second-order valence-corrected chi connectivity index (χ2v) is 9.46. The Bertz CT molecular complexity index is 936. The topological polar surface area (TPSA) is 37.0 Å². The summed E-state index contributed by atoms with van der Waals surface area (Å²) in [6, 6.07) is 12.3. The molecular weight excluding hydrogens is 393 g/mol. The van der Waals surface area contributed by atoms with Crippen molar-refractivity contribution in [2.75, 3.05) is 67.7 Å². The third kappa shape index (κ3) is 4.23. The fraction of sp³-hybridized carbons (Fsp3) is 0.520. The lowest BCUT2D eigenvalue weighted by Crippen LogP contribution is -2.37. The van der Waals surface area contributed by atoms with Gasteiger partial charge in [0.05, 0.1) is 32.5 Å². The number of halogens is 1. The van der Waals surface area contributed by atoms with Crippen molar-refractivity contribution in [1.29, 1.82) is 0 Å². The molecule has 6 heteroatoms. The molecule has 31 heavy (non-hydrogen) atoms. The Morgan fingerprint density at radius 1 is 0.871 bits per heavy atom. The molecule has 3 heterocycles. The average Bonchev–Trinajstić information content (AvgIpc) is 2.79. The Morgan fingerprint density at radius 2 is 1.52 bits per heavy atom. The van der Waals surface area contributed by atoms with E-state index in [0.29, 0.717) is 13.2 Å². The number of nitrogens with one attached hydrogen (secondary N) is 1. The van der Waals surface area contributed by atoms with Crippen LogP contribution in [0.25, 0.3) is 0 Å². The fourth-order valence-electron chi connectivity index (χ4n) is 5.10. The summed E-state index contributed by atoms with van der Waals surface area (Å²) in [6.07, 6.45) is 0.915. The molecule has 166 valence electrons. The number of benzene rings is 2. The number of fused-ring (bicyclic) bond motifs is 1. The number of hydrogen-bond acceptors (Lipinski definition) is 5. The third-order valence-corrected chi connectivity index (χ3v) is 6.84. The molecule has 2 aromatic rings. The second kappa shape index (κ2) is 8.32. The van der Waals surface area contributed by atoms with Crippen LogP contribution >= 0.6 is 0 Å². The van der Waals surface area contributed by atoms with Gasteiger partial charge in [-0.05, 0) is 59.4 Å². The zero-order valence-corrected chi connectivity index (χ0v) is 18.5. The van der Waals surface area contributed by atoms with Gasteiger partial charge in [-0.3, -0.25) is 0 Å². The van der Waals surface area contributed by atoms with Gasteiger partial charge >= 0.3 is 0 Å². The Hall–Kier alpha value is -2.31. The Morgan fingerprint density at radius 3 is 2.19 bits per heavy atom. The summed E-state index contributed by atoms with van der Waals surface area (Å²) >= 11 is 0. The average molecular weight is 426 g/mol. The first-order valence-corrected chi connectivity index (χ1v) is 11.4. The molecule has 2 saturated heterocycles. The first-order chi connectivity index (χ1) is 15.0. The Labute approximate surface area is 184 Å². The molecule has 2 aromatic carbocycles. The predicted octanol–water partition coefficient (Wildman–Crippen LogP) is 4.33. The van der Waals surface area contributed by atoms with Gasteiger partial charge < -0.3 is 24.6 Å². The third-order valence-electron chi connectivity index (χ3n) is 6.84. The van der Waals surface area contributed by atoms with E-state index in [4.69, 9.17) is 9.47 Å². The quantitative estimate of drug-likeness (QED) is 0.792. The molecular formula is C25H32FN3O2. The van der Waals surface area contributed by atoms with Crippen molar-refractivity contribution >= 4 is 17.1 Å². The first kappa shape index (κ1) is 20.6. The van der Waals surface area contributed by atoms with Crippen LogP contribution in [0.3, 0.4) is 0 Å². The van der Waals surface area contributed by atoms with E-state index < -0.39 is 0 Å². The van der Waals surface area contributed by atoms with Crippen LogP contribution in [0.2, 0.25) is 0 Å². The maximum absolute atomic E-state index is 14.6. The SMILES string of the molecule is CC1(C)CC(c2cc(F)cc(N3CCOCC3)c2)Nc2ccc(N3CCOCC3)cc21. The highest BCUT2D eigenvalue weighted by Gasteiger charge is 2.34. The van der Waals surface area contributed by atoms with Crippen LogP contribution in [0.15, 0.2) is 36.4 Å². The summed E-state index contributed by atoms with van der Waals surface area (Å²) in [7, 11) is 0. The molecule has 1 atom stereocenters. The summed E-state index contributed by atoms with van der Waals surface area (Å²) in [5.41, 5.74) is 5.69. The van der Waals surface area contributed by atoms with E-state index in [1.165, 1.54) is 11.3 Å². The number of rotatable bonds is 3. The maximum atomic E-state index is 14.6. The molecule has 1 unspecified atom stereocenters. The lowest BCUT2D eigenvalue weighted by molar-refractivity contribution is 0.122. The number of hydrogen-bond donors (Lipinski definition) is 1. The van der Waals surface area contributed by atoms with Crippen LogP contribution in [-0.4, -0.2) is 52.6 Å². The van der Waals surface area contributed by atoms with Gasteiger partial charge in [0, 0.05) is 43.2 Å². The van der Waals surface area contributed by atoms with Crippen LogP contribution in [0, 0.1) is 5.82 Å². The van der Waals surface area contributed by atoms with Crippen LogP contribution in [0.4, 0.5) is 21.5 Å². The zero-order chi connectivity index (χ0) is 21.4. The van der Waals surface area contributed by atoms with E-state index in [1.807, 2.05) is 0 Å². The van der Waals surface area contributed by atoms with Gasteiger partial charge in [-0.2, -0.15) is 0 Å². The van der Waals surface area contributed by atoms with E-state index in [-0.39, 0.29) is 17.3 Å². The first-order valence-electron chi connectivity index (χ1n) is 11.4. The highest BCUT2D eigenvalue weighted by atomic mass is 19.1. The van der Waals surface area contributed by atoms with E-state index in [9.17, 15) is 4.39 Å². The minimum absolute atomic E-state index is 0.0149. The number of nitrogens with zero attached hydrogens (tertiary/aromatic N) is 2. The summed E-state index contributed by atoms with van der Waals surface area (Å²) in [5, 5.41) is 3.70. The molecule has 0 aromatic heterocycles. The lowest BCUT2D eigenvalue weighted by atomic mass is 9.74. The molecule has 5 nitrogen and oxygen atoms in total. The Balaban J connectivity index is 1.43. The Kier molecular flexibility index (Phi) is 5.52. The number of anilines is 3. The lowest BCUT2D eigenvalue weighted by Gasteiger charge is -2.40. The smallest absolute Gasteiger partial charge is 0.125 e. The van der Waals surface area contributed by atoms with Gasteiger partial charge in [-0.1, -0.05) is 13.8 Å². The normalized spacial score (nSPS) is 23.3. The highest BCUT2D eigenvalue weighted by Crippen LogP contribution is 2.45. The largest absolute Gasteiger partial charge is 0.378 e. The summed E-state index contributed by atoms with van der Waals surface area (Å²) in [5.74, 6) is -0.174. The van der Waals surface area contributed by atoms with Gasteiger partial charge in [-0.25, -0.2) is 4.39 Å². The fourth-order valence-corrected chi connectivity index (χ4v) is 5.10. The molecule has 2 fully saturated rings. The number of morpholine rings is 2. The van der Waals surface area contributed by atoms with Crippen molar-refractivity contribution in [1.82, 2.24) is 0 Å². The minimum Gasteiger partial charge on any atom is -0.378 e. The molecule has 3 aliphatic rings.